The van der Waals surface area contributed by atoms with E-state index in [1.165, 1.54) is 0 Å². The van der Waals surface area contributed by atoms with E-state index in [1.807, 2.05) is 11.8 Å². The molecule has 1 aromatic rings. The Hall–Kier alpha value is -0.580. The molecule has 1 aliphatic heterocycles. The zero-order valence-corrected chi connectivity index (χ0v) is 11.8. The second-order valence-electron chi connectivity index (χ2n) is 4.32. The van der Waals surface area contributed by atoms with E-state index >= 15 is 0 Å². The van der Waals surface area contributed by atoms with Gasteiger partial charge < -0.3 is 10.6 Å². The third-order valence-corrected chi connectivity index (χ3v) is 4.13. The Morgan fingerprint density at radius 1 is 1.59 bits per heavy atom. The molecule has 2 unspecified atom stereocenters. The van der Waals surface area contributed by atoms with Crippen molar-refractivity contribution in [1.29, 1.82) is 0 Å². The van der Waals surface area contributed by atoms with E-state index in [1.54, 1.807) is 18.2 Å². The van der Waals surface area contributed by atoms with Crippen molar-refractivity contribution in [3.05, 3.63) is 33.3 Å². The molecule has 1 amide bonds. The van der Waals surface area contributed by atoms with Crippen molar-refractivity contribution in [1.82, 2.24) is 4.90 Å². The highest BCUT2D eigenvalue weighted by Crippen LogP contribution is 2.25. The van der Waals surface area contributed by atoms with Crippen LogP contribution in [0.2, 0.25) is 5.02 Å². The number of carbonyl (C=O) groups excluding carboxylic acids is 1. The normalized spacial score (nSPS) is 24.1. The van der Waals surface area contributed by atoms with Crippen molar-refractivity contribution in [3.8, 4) is 0 Å². The molecule has 0 aromatic heterocycles. The molecule has 1 heterocycles. The predicted molar refractivity (Wildman–Crippen MR) is 72.2 cm³/mol. The van der Waals surface area contributed by atoms with Crippen LogP contribution in [0.4, 0.5) is 0 Å². The van der Waals surface area contributed by atoms with E-state index in [4.69, 9.17) is 17.3 Å². The number of benzene rings is 1. The van der Waals surface area contributed by atoms with Crippen LogP contribution in [0, 0.1) is 0 Å². The summed E-state index contributed by atoms with van der Waals surface area (Å²) in [4.78, 5) is 14.2. The summed E-state index contributed by atoms with van der Waals surface area (Å²) in [5.41, 5.74) is 6.55. The number of nitrogens with two attached hydrogens (primary N) is 1. The summed E-state index contributed by atoms with van der Waals surface area (Å²) >= 11 is 9.22. The summed E-state index contributed by atoms with van der Waals surface area (Å²) in [6.45, 7) is 2.70. The highest BCUT2D eigenvalue weighted by molar-refractivity contribution is 9.10. The summed E-state index contributed by atoms with van der Waals surface area (Å²) in [6, 6.07) is 5.36. The Bertz CT molecular complexity index is 452. The van der Waals surface area contributed by atoms with Gasteiger partial charge in [0.15, 0.2) is 0 Å². The van der Waals surface area contributed by atoms with Crippen molar-refractivity contribution >= 4 is 33.4 Å². The summed E-state index contributed by atoms with van der Waals surface area (Å²) in [6.07, 6.45) is 0.859. The first kappa shape index (κ1) is 12.9. The molecule has 1 aliphatic rings. The molecule has 0 aliphatic carbocycles. The monoisotopic (exact) mass is 316 g/mol. The van der Waals surface area contributed by atoms with Gasteiger partial charge in [-0.15, -0.1) is 0 Å². The Morgan fingerprint density at radius 3 is 2.82 bits per heavy atom. The third kappa shape index (κ3) is 2.49. The first-order chi connectivity index (χ1) is 8.00. The van der Waals surface area contributed by atoms with E-state index in [2.05, 4.69) is 15.9 Å². The van der Waals surface area contributed by atoms with Gasteiger partial charge in [0.2, 0.25) is 0 Å². The molecular weight excluding hydrogens is 304 g/mol. The number of carbonyl (C=O) groups is 1. The fourth-order valence-corrected chi connectivity index (χ4v) is 2.92. The predicted octanol–water partition coefficient (Wildman–Crippen LogP) is 2.66. The summed E-state index contributed by atoms with van der Waals surface area (Å²) in [5, 5.41) is 0.611. The van der Waals surface area contributed by atoms with E-state index < -0.39 is 0 Å². The average Bonchev–Trinajstić information content (AvgIpc) is 2.59. The Balaban J connectivity index is 2.26. The van der Waals surface area contributed by atoms with Crippen LogP contribution in [0.15, 0.2) is 22.7 Å². The second-order valence-corrected chi connectivity index (χ2v) is 5.61. The van der Waals surface area contributed by atoms with Gasteiger partial charge in [-0.1, -0.05) is 11.6 Å². The van der Waals surface area contributed by atoms with Crippen LogP contribution in [0.25, 0.3) is 0 Å². The highest BCUT2D eigenvalue weighted by atomic mass is 79.9. The molecule has 2 N–H and O–H groups in total. The molecule has 0 bridgehead atoms. The van der Waals surface area contributed by atoms with Crippen LogP contribution < -0.4 is 5.73 Å². The van der Waals surface area contributed by atoms with Crippen LogP contribution in [0.5, 0.6) is 0 Å². The minimum atomic E-state index is 0.00833. The number of likely N-dealkylation sites (tertiary alicyclic amines) is 1. The van der Waals surface area contributed by atoms with Crippen molar-refractivity contribution in [2.75, 3.05) is 6.54 Å². The van der Waals surface area contributed by atoms with Gasteiger partial charge in [0.1, 0.15) is 0 Å². The lowest BCUT2D eigenvalue weighted by Gasteiger charge is -2.23. The molecule has 3 nitrogen and oxygen atoms in total. The van der Waals surface area contributed by atoms with Gasteiger partial charge in [0.05, 0.1) is 5.56 Å². The van der Waals surface area contributed by atoms with Crippen LogP contribution in [0.3, 0.4) is 0 Å². The summed E-state index contributed by atoms with van der Waals surface area (Å²) in [7, 11) is 0. The summed E-state index contributed by atoms with van der Waals surface area (Å²) < 4.78 is 0.725. The lowest BCUT2D eigenvalue weighted by atomic mass is 10.1. The van der Waals surface area contributed by atoms with Crippen molar-refractivity contribution in [2.45, 2.75) is 25.4 Å². The van der Waals surface area contributed by atoms with E-state index in [0.717, 1.165) is 17.4 Å². The topological polar surface area (TPSA) is 46.3 Å². The molecule has 2 rings (SSSR count). The first-order valence-electron chi connectivity index (χ1n) is 5.52. The number of nitrogens with zero attached hydrogens (tertiary/aromatic N) is 1. The SMILES string of the molecule is CC1C(N)CCN1C(=O)c1ccc(Cl)cc1Br. The maximum absolute atomic E-state index is 12.3. The fraction of sp³-hybridized carbons (Fsp3) is 0.417. The molecule has 17 heavy (non-hydrogen) atoms. The zero-order chi connectivity index (χ0) is 12.6. The average molecular weight is 318 g/mol. The molecule has 1 fully saturated rings. The number of hydrogen-bond acceptors (Lipinski definition) is 2. The quantitative estimate of drug-likeness (QED) is 0.865. The maximum Gasteiger partial charge on any atom is 0.255 e. The lowest BCUT2D eigenvalue weighted by Crippen LogP contribution is -2.40. The molecule has 1 saturated heterocycles. The molecular formula is C12H14BrClN2O. The summed E-state index contributed by atoms with van der Waals surface area (Å²) in [5.74, 6) is 0.00833. The van der Waals surface area contributed by atoms with Gasteiger partial charge in [0, 0.05) is 28.1 Å². The molecule has 0 saturated carbocycles. The molecule has 0 radical (unpaired) electrons. The molecule has 0 spiro atoms. The number of rotatable bonds is 1. The van der Waals surface area contributed by atoms with Gasteiger partial charge in [-0.2, -0.15) is 0 Å². The van der Waals surface area contributed by atoms with Crippen molar-refractivity contribution in [3.63, 3.8) is 0 Å². The Kier molecular flexibility index (Phi) is 3.76. The van der Waals surface area contributed by atoms with E-state index in [9.17, 15) is 4.79 Å². The number of halogens is 2. The minimum absolute atomic E-state index is 0.00833. The molecule has 5 heteroatoms. The van der Waals surface area contributed by atoms with E-state index in [-0.39, 0.29) is 18.0 Å². The largest absolute Gasteiger partial charge is 0.334 e. The zero-order valence-electron chi connectivity index (χ0n) is 9.49. The van der Waals surface area contributed by atoms with Gasteiger partial charge >= 0.3 is 0 Å². The Labute approximate surface area is 114 Å². The molecule has 1 aromatic carbocycles. The molecule has 92 valence electrons. The van der Waals surface area contributed by atoms with Gasteiger partial charge in [-0.25, -0.2) is 0 Å². The molecule has 2 atom stereocenters. The maximum atomic E-state index is 12.3. The lowest BCUT2D eigenvalue weighted by molar-refractivity contribution is 0.0741. The van der Waals surface area contributed by atoms with Crippen LogP contribution in [0.1, 0.15) is 23.7 Å². The Morgan fingerprint density at radius 2 is 2.29 bits per heavy atom. The van der Waals surface area contributed by atoms with Crippen LogP contribution >= 0.6 is 27.5 Å². The highest BCUT2D eigenvalue weighted by Gasteiger charge is 2.32. The van der Waals surface area contributed by atoms with Crippen LogP contribution in [-0.4, -0.2) is 29.4 Å². The second kappa shape index (κ2) is 4.96. The van der Waals surface area contributed by atoms with Crippen molar-refractivity contribution < 1.29 is 4.79 Å². The first-order valence-corrected chi connectivity index (χ1v) is 6.69. The van der Waals surface area contributed by atoms with Gasteiger partial charge in [-0.3, -0.25) is 4.79 Å². The van der Waals surface area contributed by atoms with Crippen molar-refractivity contribution in [2.24, 2.45) is 5.73 Å². The van der Waals surface area contributed by atoms with Gasteiger partial charge in [-0.05, 0) is 47.5 Å². The minimum Gasteiger partial charge on any atom is -0.334 e. The smallest absolute Gasteiger partial charge is 0.255 e. The van der Waals surface area contributed by atoms with Gasteiger partial charge in [0.25, 0.3) is 5.91 Å². The number of amides is 1. The third-order valence-electron chi connectivity index (χ3n) is 3.24. The van der Waals surface area contributed by atoms with E-state index in [0.29, 0.717) is 10.6 Å². The van der Waals surface area contributed by atoms with Crippen LogP contribution in [-0.2, 0) is 0 Å². The standard InChI is InChI=1S/C12H14BrClN2O/c1-7-11(15)4-5-16(7)12(17)9-3-2-8(14)6-10(9)13/h2-3,6-7,11H,4-5,15H2,1H3. The fourth-order valence-electron chi connectivity index (χ4n) is 2.07. The number of hydrogen-bond donors (Lipinski definition) is 1.